The number of hydrogen-bond donors (Lipinski definition) is 1. The average molecular weight is 274 g/mol. The number of carbonyl (C=O) groups excluding carboxylic acids is 2. The van der Waals surface area contributed by atoms with Gasteiger partial charge in [0.1, 0.15) is 6.04 Å². The second kappa shape index (κ2) is 6.07. The Morgan fingerprint density at radius 2 is 2.00 bits per heavy atom. The SMILES string of the molecule is CCC(CC)N1C(=O)CC(Nc2cccc(C)c2)C1=O. The Labute approximate surface area is 120 Å². The van der Waals surface area contributed by atoms with Crippen molar-refractivity contribution < 1.29 is 9.59 Å². The predicted molar refractivity (Wildman–Crippen MR) is 79.4 cm³/mol. The van der Waals surface area contributed by atoms with Gasteiger partial charge in [-0.15, -0.1) is 0 Å². The summed E-state index contributed by atoms with van der Waals surface area (Å²) in [6.45, 7) is 6.02. The van der Waals surface area contributed by atoms with Gasteiger partial charge in [0.15, 0.2) is 0 Å². The van der Waals surface area contributed by atoms with Crippen LogP contribution in [0.25, 0.3) is 0 Å². The van der Waals surface area contributed by atoms with Gasteiger partial charge in [-0.05, 0) is 37.5 Å². The molecule has 1 aliphatic rings. The molecule has 1 N–H and O–H groups in total. The maximum absolute atomic E-state index is 12.4. The number of carbonyl (C=O) groups is 2. The summed E-state index contributed by atoms with van der Waals surface area (Å²) < 4.78 is 0. The maximum Gasteiger partial charge on any atom is 0.252 e. The lowest BCUT2D eigenvalue weighted by molar-refractivity contribution is -0.141. The Hall–Kier alpha value is -1.84. The molecule has 1 saturated heterocycles. The Bertz CT molecular complexity index is 509. The van der Waals surface area contributed by atoms with Gasteiger partial charge in [0.2, 0.25) is 5.91 Å². The van der Waals surface area contributed by atoms with Crippen LogP contribution in [0.15, 0.2) is 24.3 Å². The second-order valence-electron chi connectivity index (χ2n) is 5.34. The number of likely N-dealkylation sites (tertiary alicyclic amines) is 1. The number of nitrogens with one attached hydrogen (secondary N) is 1. The van der Waals surface area contributed by atoms with Crippen LogP contribution in [0, 0.1) is 6.92 Å². The van der Waals surface area contributed by atoms with Crippen molar-refractivity contribution in [3.05, 3.63) is 29.8 Å². The molecule has 20 heavy (non-hydrogen) atoms. The van der Waals surface area contributed by atoms with E-state index in [-0.39, 0.29) is 24.3 Å². The van der Waals surface area contributed by atoms with Crippen molar-refractivity contribution in [1.82, 2.24) is 4.90 Å². The van der Waals surface area contributed by atoms with Gasteiger partial charge in [0, 0.05) is 11.7 Å². The monoisotopic (exact) mass is 274 g/mol. The van der Waals surface area contributed by atoms with Gasteiger partial charge in [0.25, 0.3) is 5.91 Å². The molecule has 0 bridgehead atoms. The summed E-state index contributed by atoms with van der Waals surface area (Å²) in [4.78, 5) is 25.9. The molecule has 0 radical (unpaired) electrons. The van der Waals surface area contributed by atoms with E-state index in [1.807, 2.05) is 45.0 Å². The fraction of sp³-hybridized carbons (Fsp3) is 0.500. The van der Waals surface area contributed by atoms with Gasteiger partial charge in [-0.25, -0.2) is 0 Å². The number of hydrogen-bond acceptors (Lipinski definition) is 3. The average Bonchev–Trinajstić information content (AvgIpc) is 2.68. The smallest absolute Gasteiger partial charge is 0.252 e. The lowest BCUT2D eigenvalue weighted by Gasteiger charge is -2.24. The van der Waals surface area contributed by atoms with Crippen LogP contribution >= 0.6 is 0 Å². The summed E-state index contributed by atoms with van der Waals surface area (Å²) >= 11 is 0. The molecule has 1 atom stereocenters. The molecule has 4 heteroatoms. The molecular weight excluding hydrogens is 252 g/mol. The van der Waals surface area contributed by atoms with Crippen LogP contribution in [0.2, 0.25) is 0 Å². The third-order valence-corrected chi connectivity index (χ3v) is 3.85. The third-order valence-electron chi connectivity index (χ3n) is 3.85. The number of nitrogens with zero attached hydrogens (tertiary/aromatic N) is 1. The first-order chi connectivity index (χ1) is 9.56. The lowest BCUT2D eigenvalue weighted by Crippen LogP contribution is -2.41. The molecule has 1 heterocycles. The van der Waals surface area contributed by atoms with Crippen LogP contribution in [-0.4, -0.2) is 28.8 Å². The molecule has 1 aliphatic heterocycles. The van der Waals surface area contributed by atoms with Crippen molar-refractivity contribution in [3.63, 3.8) is 0 Å². The first-order valence-electron chi connectivity index (χ1n) is 7.25. The summed E-state index contributed by atoms with van der Waals surface area (Å²) in [5.41, 5.74) is 2.02. The van der Waals surface area contributed by atoms with E-state index in [0.29, 0.717) is 0 Å². The number of benzene rings is 1. The first-order valence-corrected chi connectivity index (χ1v) is 7.25. The molecule has 0 spiro atoms. The second-order valence-corrected chi connectivity index (χ2v) is 5.34. The standard InChI is InChI=1S/C16H22N2O2/c1-4-13(5-2)18-15(19)10-14(16(18)20)17-12-8-6-7-11(3)9-12/h6-9,13-14,17H,4-5,10H2,1-3H3. The summed E-state index contributed by atoms with van der Waals surface area (Å²) in [7, 11) is 0. The van der Waals surface area contributed by atoms with Gasteiger partial charge >= 0.3 is 0 Å². The Kier molecular flexibility index (Phi) is 4.42. The maximum atomic E-state index is 12.4. The number of amides is 2. The van der Waals surface area contributed by atoms with E-state index in [0.717, 1.165) is 24.1 Å². The minimum atomic E-state index is -0.426. The molecule has 0 aromatic heterocycles. The van der Waals surface area contributed by atoms with Gasteiger partial charge in [-0.1, -0.05) is 26.0 Å². The molecule has 2 amide bonds. The molecule has 1 aromatic rings. The van der Waals surface area contributed by atoms with Crippen LogP contribution in [0.4, 0.5) is 5.69 Å². The zero-order valence-electron chi connectivity index (χ0n) is 12.3. The van der Waals surface area contributed by atoms with Crippen LogP contribution in [0.3, 0.4) is 0 Å². The highest BCUT2D eigenvalue weighted by Gasteiger charge is 2.41. The normalized spacial score (nSPS) is 19.0. The minimum Gasteiger partial charge on any atom is -0.373 e. The van der Waals surface area contributed by atoms with E-state index >= 15 is 0 Å². The zero-order valence-corrected chi connectivity index (χ0v) is 12.3. The third kappa shape index (κ3) is 2.84. The Morgan fingerprint density at radius 1 is 1.30 bits per heavy atom. The first kappa shape index (κ1) is 14.6. The van der Waals surface area contributed by atoms with Gasteiger partial charge in [-0.2, -0.15) is 0 Å². The van der Waals surface area contributed by atoms with Crippen molar-refractivity contribution in [2.75, 3.05) is 5.32 Å². The van der Waals surface area contributed by atoms with E-state index in [4.69, 9.17) is 0 Å². The quantitative estimate of drug-likeness (QED) is 0.840. The molecule has 1 unspecified atom stereocenters. The van der Waals surface area contributed by atoms with Crippen molar-refractivity contribution in [3.8, 4) is 0 Å². The van der Waals surface area contributed by atoms with E-state index < -0.39 is 6.04 Å². The fourth-order valence-corrected chi connectivity index (χ4v) is 2.74. The lowest BCUT2D eigenvalue weighted by atomic mass is 10.1. The van der Waals surface area contributed by atoms with E-state index in [9.17, 15) is 9.59 Å². The van der Waals surface area contributed by atoms with Gasteiger partial charge in [0.05, 0.1) is 6.42 Å². The van der Waals surface area contributed by atoms with Crippen molar-refractivity contribution in [2.24, 2.45) is 0 Å². The van der Waals surface area contributed by atoms with E-state index in [2.05, 4.69) is 5.32 Å². The Morgan fingerprint density at radius 3 is 2.60 bits per heavy atom. The number of imide groups is 1. The minimum absolute atomic E-state index is 0.0271. The molecule has 1 aromatic carbocycles. The molecule has 0 aliphatic carbocycles. The molecule has 0 saturated carbocycles. The van der Waals surface area contributed by atoms with E-state index in [1.54, 1.807) is 0 Å². The number of rotatable bonds is 5. The molecule has 4 nitrogen and oxygen atoms in total. The predicted octanol–water partition coefficient (Wildman–Crippen LogP) is 2.72. The van der Waals surface area contributed by atoms with Crippen LogP contribution in [-0.2, 0) is 9.59 Å². The summed E-state index contributed by atoms with van der Waals surface area (Å²) in [6, 6.07) is 7.45. The molecule has 108 valence electrons. The van der Waals surface area contributed by atoms with Crippen LogP contribution in [0.5, 0.6) is 0 Å². The number of aryl methyl sites for hydroxylation is 1. The van der Waals surface area contributed by atoms with Crippen molar-refractivity contribution in [1.29, 1.82) is 0 Å². The largest absolute Gasteiger partial charge is 0.373 e. The highest BCUT2D eigenvalue weighted by Crippen LogP contribution is 2.23. The van der Waals surface area contributed by atoms with Gasteiger partial charge < -0.3 is 5.32 Å². The highest BCUT2D eigenvalue weighted by atomic mass is 16.2. The fourth-order valence-electron chi connectivity index (χ4n) is 2.74. The molecular formula is C16H22N2O2. The zero-order chi connectivity index (χ0) is 14.7. The van der Waals surface area contributed by atoms with E-state index in [1.165, 1.54) is 4.90 Å². The summed E-state index contributed by atoms with van der Waals surface area (Å²) in [5.74, 6) is -0.154. The number of anilines is 1. The molecule has 2 rings (SSSR count). The van der Waals surface area contributed by atoms with Gasteiger partial charge in [-0.3, -0.25) is 14.5 Å². The summed E-state index contributed by atoms with van der Waals surface area (Å²) in [5, 5.41) is 3.18. The topological polar surface area (TPSA) is 49.4 Å². The molecule has 1 fully saturated rings. The Balaban J connectivity index is 2.12. The summed E-state index contributed by atoms with van der Waals surface area (Å²) in [6.07, 6.45) is 1.87. The highest BCUT2D eigenvalue weighted by molar-refractivity contribution is 6.07. The van der Waals surface area contributed by atoms with Crippen molar-refractivity contribution >= 4 is 17.5 Å². The van der Waals surface area contributed by atoms with Crippen molar-refractivity contribution in [2.45, 2.75) is 52.1 Å². The van der Waals surface area contributed by atoms with Crippen LogP contribution in [0.1, 0.15) is 38.7 Å². The van der Waals surface area contributed by atoms with Crippen LogP contribution < -0.4 is 5.32 Å².